The highest BCUT2D eigenvalue weighted by atomic mass is 15.1. The molecule has 0 bridgehead atoms. The average Bonchev–Trinajstić information content (AvgIpc) is 2.33. The Labute approximate surface area is 102 Å². The molecule has 1 aliphatic rings. The summed E-state index contributed by atoms with van der Waals surface area (Å²) in [5.74, 6) is 0.330. The van der Waals surface area contributed by atoms with Gasteiger partial charge in [-0.3, -0.25) is 0 Å². The van der Waals surface area contributed by atoms with Gasteiger partial charge in [-0.2, -0.15) is 0 Å². The summed E-state index contributed by atoms with van der Waals surface area (Å²) in [6.45, 7) is 8.97. The van der Waals surface area contributed by atoms with Gasteiger partial charge >= 0.3 is 0 Å². The summed E-state index contributed by atoms with van der Waals surface area (Å²) in [6.07, 6.45) is 5.70. The summed E-state index contributed by atoms with van der Waals surface area (Å²) in [7, 11) is 0. The zero-order valence-electron chi connectivity index (χ0n) is 10.4. The number of aryl methyl sites for hydroxylation is 1. The van der Waals surface area contributed by atoms with E-state index in [4.69, 9.17) is 5.73 Å². The molecule has 17 heavy (non-hydrogen) atoms. The van der Waals surface area contributed by atoms with Gasteiger partial charge in [-0.15, -0.1) is 0 Å². The SMILES string of the molecule is C=CN(CC)C1=C(C)CCc2cnc(N)nc21. The molecule has 0 saturated carbocycles. The van der Waals surface area contributed by atoms with E-state index in [1.165, 1.54) is 11.1 Å². The van der Waals surface area contributed by atoms with Gasteiger partial charge in [0.1, 0.15) is 0 Å². The monoisotopic (exact) mass is 230 g/mol. The quantitative estimate of drug-likeness (QED) is 0.865. The molecule has 90 valence electrons. The van der Waals surface area contributed by atoms with Crippen molar-refractivity contribution in [2.45, 2.75) is 26.7 Å². The lowest BCUT2D eigenvalue weighted by atomic mass is 9.94. The van der Waals surface area contributed by atoms with Crippen LogP contribution in [0, 0.1) is 0 Å². The second-order valence-corrected chi connectivity index (χ2v) is 4.20. The number of allylic oxidation sites excluding steroid dienone is 1. The lowest BCUT2D eigenvalue weighted by molar-refractivity contribution is 0.550. The second-order valence-electron chi connectivity index (χ2n) is 4.20. The van der Waals surface area contributed by atoms with Gasteiger partial charge in [0.25, 0.3) is 0 Å². The van der Waals surface area contributed by atoms with Crippen molar-refractivity contribution in [3.63, 3.8) is 0 Å². The van der Waals surface area contributed by atoms with Crippen molar-refractivity contribution in [3.05, 3.63) is 35.8 Å². The Morgan fingerprint density at radius 2 is 2.29 bits per heavy atom. The Morgan fingerprint density at radius 3 is 2.94 bits per heavy atom. The van der Waals surface area contributed by atoms with E-state index in [1.54, 1.807) is 0 Å². The molecule has 0 fully saturated rings. The molecule has 0 unspecified atom stereocenters. The minimum Gasteiger partial charge on any atom is -0.368 e. The molecule has 1 aromatic rings. The maximum Gasteiger partial charge on any atom is 0.220 e. The maximum atomic E-state index is 5.68. The number of aromatic nitrogens is 2. The first-order valence-corrected chi connectivity index (χ1v) is 5.88. The number of hydrogen-bond acceptors (Lipinski definition) is 4. The van der Waals surface area contributed by atoms with E-state index >= 15 is 0 Å². The predicted octanol–water partition coefficient (Wildman–Crippen LogP) is 2.20. The molecule has 0 amide bonds. The van der Waals surface area contributed by atoms with Crippen LogP contribution >= 0.6 is 0 Å². The van der Waals surface area contributed by atoms with E-state index in [-0.39, 0.29) is 0 Å². The topological polar surface area (TPSA) is 55.0 Å². The molecule has 4 heteroatoms. The third-order valence-corrected chi connectivity index (χ3v) is 3.13. The van der Waals surface area contributed by atoms with Crippen molar-refractivity contribution in [2.24, 2.45) is 0 Å². The molecule has 2 N–H and O–H groups in total. The normalized spacial score (nSPS) is 14.5. The highest BCUT2D eigenvalue weighted by Crippen LogP contribution is 2.32. The number of hydrogen-bond donors (Lipinski definition) is 1. The first kappa shape index (κ1) is 11.6. The number of rotatable bonds is 3. The molecular formula is C13H18N4. The molecule has 0 radical (unpaired) electrons. The third-order valence-electron chi connectivity index (χ3n) is 3.13. The Morgan fingerprint density at radius 1 is 1.53 bits per heavy atom. The van der Waals surface area contributed by atoms with E-state index < -0.39 is 0 Å². The molecule has 1 heterocycles. The van der Waals surface area contributed by atoms with Crippen LogP contribution in [0.4, 0.5) is 5.95 Å². The second kappa shape index (κ2) is 4.57. The average molecular weight is 230 g/mol. The standard InChI is InChI=1S/C13H18N4/c1-4-17(5-2)12-9(3)6-7-10-8-15-13(14)16-11(10)12/h4,8H,1,5-7H2,2-3H3,(H2,14,15,16). The van der Waals surface area contributed by atoms with Crippen LogP contribution in [0.3, 0.4) is 0 Å². The van der Waals surface area contributed by atoms with Crippen LogP contribution < -0.4 is 5.73 Å². The summed E-state index contributed by atoms with van der Waals surface area (Å²) in [5, 5.41) is 0. The van der Waals surface area contributed by atoms with Crippen LogP contribution in [0.5, 0.6) is 0 Å². The van der Waals surface area contributed by atoms with Gasteiger partial charge in [-0.05, 0) is 44.0 Å². The van der Waals surface area contributed by atoms with E-state index in [1.807, 2.05) is 12.4 Å². The Bertz CT molecular complexity index is 476. The summed E-state index contributed by atoms with van der Waals surface area (Å²) in [6, 6.07) is 0. The van der Waals surface area contributed by atoms with Gasteiger partial charge in [0, 0.05) is 12.7 Å². The maximum absolute atomic E-state index is 5.68. The van der Waals surface area contributed by atoms with Gasteiger partial charge < -0.3 is 10.6 Å². The number of anilines is 1. The molecule has 0 atom stereocenters. The minimum atomic E-state index is 0.330. The molecule has 0 spiro atoms. The Balaban J connectivity index is 2.56. The summed E-state index contributed by atoms with van der Waals surface area (Å²) < 4.78 is 0. The highest BCUT2D eigenvalue weighted by Gasteiger charge is 2.21. The fourth-order valence-electron chi connectivity index (χ4n) is 2.21. The van der Waals surface area contributed by atoms with Crippen molar-refractivity contribution >= 4 is 11.6 Å². The molecule has 4 nitrogen and oxygen atoms in total. The number of nitrogen functional groups attached to an aromatic ring is 1. The largest absolute Gasteiger partial charge is 0.368 e. The van der Waals surface area contributed by atoms with E-state index in [2.05, 4.69) is 35.3 Å². The first-order valence-electron chi connectivity index (χ1n) is 5.88. The molecule has 0 saturated heterocycles. The van der Waals surface area contributed by atoms with E-state index in [0.717, 1.165) is 30.8 Å². The van der Waals surface area contributed by atoms with Crippen LogP contribution in [0.15, 0.2) is 24.5 Å². The highest BCUT2D eigenvalue weighted by molar-refractivity contribution is 5.69. The van der Waals surface area contributed by atoms with Gasteiger partial charge in [0.15, 0.2) is 0 Å². The van der Waals surface area contributed by atoms with Gasteiger partial charge in [0.05, 0.1) is 11.4 Å². The lowest BCUT2D eigenvalue weighted by Crippen LogP contribution is -2.21. The van der Waals surface area contributed by atoms with Gasteiger partial charge in [0.2, 0.25) is 5.95 Å². The molecular weight excluding hydrogens is 212 g/mol. The third kappa shape index (κ3) is 2.02. The van der Waals surface area contributed by atoms with Crippen molar-refractivity contribution in [1.82, 2.24) is 14.9 Å². The summed E-state index contributed by atoms with van der Waals surface area (Å²) >= 11 is 0. The zero-order chi connectivity index (χ0) is 12.4. The fourth-order valence-corrected chi connectivity index (χ4v) is 2.21. The number of nitrogens with two attached hydrogens (primary N) is 1. The Kier molecular flexibility index (Phi) is 3.13. The van der Waals surface area contributed by atoms with Crippen LogP contribution in [-0.4, -0.2) is 21.4 Å². The van der Waals surface area contributed by atoms with Crippen molar-refractivity contribution in [3.8, 4) is 0 Å². The molecule has 0 aliphatic heterocycles. The summed E-state index contributed by atoms with van der Waals surface area (Å²) in [4.78, 5) is 10.6. The zero-order valence-corrected chi connectivity index (χ0v) is 10.4. The first-order chi connectivity index (χ1) is 8.17. The predicted molar refractivity (Wildman–Crippen MR) is 69.9 cm³/mol. The van der Waals surface area contributed by atoms with Crippen molar-refractivity contribution < 1.29 is 0 Å². The van der Waals surface area contributed by atoms with Crippen molar-refractivity contribution in [2.75, 3.05) is 12.3 Å². The molecule has 1 aromatic heterocycles. The van der Waals surface area contributed by atoms with Crippen LogP contribution in [0.2, 0.25) is 0 Å². The van der Waals surface area contributed by atoms with Crippen LogP contribution in [-0.2, 0) is 6.42 Å². The lowest BCUT2D eigenvalue weighted by Gasteiger charge is -2.28. The number of nitrogens with zero attached hydrogens (tertiary/aromatic N) is 3. The molecule has 1 aliphatic carbocycles. The van der Waals surface area contributed by atoms with Crippen LogP contribution in [0.25, 0.3) is 5.70 Å². The van der Waals surface area contributed by atoms with E-state index in [0.29, 0.717) is 5.95 Å². The van der Waals surface area contributed by atoms with Crippen molar-refractivity contribution in [1.29, 1.82) is 0 Å². The number of fused-ring (bicyclic) bond motifs is 1. The van der Waals surface area contributed by atoms with Gasteiger partial charge in [-0.1, -0.05) is 6.58 Å². The minimum absolute atomic E-state index is 0.330. The summed E-state index contributed by atoms with van der Waals surface area (Å²) in [5.41, 5.74) is 10.3. The smallest absolute Gasteiger partial charge is 0.220 e. The fraction of sp³-hybridized carbons (Fsp3) is 0.385. The van der Waals surface area contributed by atoms with E-state index in [9.17, 15) is 0 Å². The Hall–Kier alpha value is -1.84. The molecule has 2 rings (SSSR count). The van der Waals surface area contributed by atoms with Crippen LogP contribution in [0.1, 0.15) is 31.5 Å². The van der Waals surface area contributed by atoms with Gasteiger partial charge in [-0.25, -0.2) is 9.97 Å². The molecule has 0 aromatic carbocycles.